The number of hydrogen-bond donors (Lipinski definition) is 5. The number of nitrogens with zero attached hydrogens (tertiary/aromatic N) is 2. The molecule has 2 saturated heterocycles. The van der Waals surface area contributed by atoms with Crippen LogP contribution in [-0.2, 0) is 30.5 Å². The van der Waals surface area contributed by atoms with Gasteiger partial charge in [0.2, 0.25) is 23.6 Å². The predicted octanol–water partition coefficient (Wildman–Crippen LogP) is -1.00. The Labute approximate surface area is 226 Å². The number of benzene rings is 1. The molecule has 0 bridgehead atoms. The van der Waals surface area contributed by atoms with Gasteiger partial charge in [-0.2, -0.15) is 0 Å². The van der Waals surface area contributed by atoms with E-state index in [4.69, 9.17) is 10.5 Å². The van der Waals surface area contributed by atoms with Gasteiger partial charge in [-0.25, -0.2) is 4.79 Å². The second-order valence-corrected chi connectivity index (χ2v) is 9.93. The topological polar surface area (TPSA) is 192 Å². The fourth-order valence-corrected chi connectivity index (χ4v) is 4.92. The Morgan fingerprint density at radius 1 is 0.923 bits per heavy atom. The summed E-state index contributed by atoms with van der Waals surface area (Å²) in [7, 11) is 0. The Balaban J connectivity index is 1.66. The Morgan fingerprint density at radius 2 is 1.51 bits per heavy atom. The zero-order valence-corrected chi connectivity index (χ0v) is 22.1. The van der Waals surface area contributed by atoms with Crippen LogP contribution in [0.5, 0.6) is 0 Å². The van der Waals surface area contributed by atoms with Crippen LogP contribution in [0.25, 0.3) is 0 Å². The minimum atomic E-state index is -1.35. The van der Waals surface area contributed by atoms with E-state index in [1.165, 1.54) is 23.6 Å². The minimum Gasteiger partial charge on any atom is -0.445 e. The number of nitrogens with one attached hydrogen (secondary N) is 2. The number of ether oxygens (including phenoxy) is 1. The fraction of sp³-hybridized carbons (Fsp3) is 0.577. The van der Waals surface area contributed by atoms with Gasteiger partial charge in [-0.3, -0.25) is 19.2 Å². The lowest BCUT2D eigenvalue weighted by Gasteiger charge is -2.33. The van der Waals surface area contributed by atoms with Crippen molar-refractivity contribution in [1.82, 2.24) is 20.4 Å². The van der Waals surface area contributed by atoms with Crippen LogP contribution >= 0.6 is 0 Å². The number of carbonyl (C=O) groups excluding carboxylic acids is 5. The number of aliphatic hydroxyl groups excluding tert-OH is 2. The van der Waals surface area contributed by atoms with Crippen molar-refractivity contribution < 1.29 is 38.9 Å². The highest BCUT2D eigenvalue weighted by Crippen LogP contribution is 2.26. The van der Waals surface area contributed by atoms with Gasteiger partial charge in [0.1, 0.15) is 30.8 Å². The molecule has 13 heteroatoms. The van der Waals surface area contributed by atoms with E-state index in [2.05, 4.69) is 10.6 Å². The van der Waals surface area contributed by atoms with Crippen LogP contribution in [0, 0.1) is 0 Å². The first kappa shape index (κ1) is 29.8. The van der Waals surface area contributed by atoms with Gasteiger partial charge in [0.25, 0.3) is 0 Å². The van der Waals surface area contributed by atoms with E-state index in [1.54, 1.807) is 24.3 Å². The van der Waals surface area contributed by atoms with Crippen molar-refractivity contribution in [3.05, 3.63) is 35.9 Å². The van der Waals surface area contributed by atoms with Crippen LogP contribution in [0.1, 0.15) is 45.1 Å². The maximum absolute atomic E-state index is 13.5. The molecular formula is C26H37N5O8. The van der Waals surface area contributed by atoms with Gasteiger partial charge < -0.3 is 41.1 Å². The Kier molecular flexibility index (Phi) is 10.2. The average Bonchev–Trinajstić information content (AvgIpc) is 3.59. The monoisotopic (exact) mass is 547 g/mol. The molecule has 39 heavy (non-hydrogen) atoms. The van der Waals surface area contributed by atoms with Crippen LogP contribution < -0.4 is 16.4 Å². The maximum Gasteiger partial charge on any atom is 0.408 e. The number of likely N-dealkylation sites (tertiary alicyclic amines) is 2. The van der Waals surface area contributed by atoms with Gasteiger partial charge in [-0.15, -0.1) is 0 Å². The molecule has 2 aliphatic rings. The summed E-state index contributed by atoms with van der Waals surface area (Å²) < 4.78 is 5.18. The highest BCUT2D eigenvalue weighted by Gasteiger charge is 2.44. The number of amides is 5. The quantitative estimate of drug-likeness (QED) is 0.246. The summed E-state index contributed by atoms with van der Waals surface area (Å²) in [4.78, 5) is 66.5. The molecule has 6 N–H and O–H groups in total. The van der Waals surface area contributed by atoms with E-state index < -0.39 is 66.1 Å². The Morgan fingerprint density at radius 3 is 2.10 bits per heavy atom. The first-order chi connectivity index (χ1) is 18.5. The second-order valence-electron chi connectivity index (χ2n) is 9.93. The van der Waals surface area contributed by atoms with Gasteiger partial charge in [-0.1, -0.05) is 30.3 Å². The standard InChI is InChI=1S/C26H37N5O8/c1-15(32)20(22(27)34)28-23(35)18-10-6-12-30(18)24(36)19-11-7-13-31(19)25(37)21(16(2)33)29-26(38)39-14-17-8-4-3-5-9-17/h3-5,8-9,15-16,18-21,32-33H,6-7,10-14H2,1-2H3,(H2,27,34)(H,28,35)(H,29,38)/t15-,16-,18-,19+,20+,21+/m1/s1. The van der Waals surface area contributed by atoms with Gasteiger partial charge in [0, 0.05) is 13.1 Å². The molecule has 3 rings (SSSR count). The fourth-order valence-electron chi connectivity index (χ4n) is 4.92. The van der Waals surface area contributed by atoms with Gasteiger partial charge >= 0.3 is 6.09 Å². The highest BCUT2D eigenvalue weighted by atomic mass is 16.5. The summed E-state index contributed by atoms with van der Waals surface area (Å²) >= 11 is 0. The van der Waals surface area contributed by atoms with Gasteiger partial charge in [0.05, 0.1) is 12.2 Å². The number of primary amides is 1. The third kappa shape index (κ3) is 7.45. The first-order valence-electron chi connectivity index (χ1n) is 13.0. The number of carbonyl (C=O) groups is 5. The molecule has 0 saturated carbocycles. The van der Waals surface area contributed by atoms with Crippen LogP contribution in [0.15, 0.2) is 30.3 Å². The summed E-state index contributed by atoms with van der Waals surface area (Å²) in [5, 5.41) is 24.9. The highest BCUT2D eigenvalue weighted by molar-refractivity contribution is 5.96. The zero-order chi connectivity index (χ0) is 28.7. The zero-order valence-electron chi connectivity index (χ0n) is 22.1. The van der Waals surface area contributed by atoms with Crippen molar-refractivity contribution in [1.29, 1.82) is 0 Å². The van der Waals surface area contributed by atoms with Crippen LogP contribution in [0.3, 0.4) is 0 Å². The van der Waals surface area contributed by atoms with Crippen LogP contribution in [0.2, 0.25) is 0 Å². The van der Waals surface area contributed by atoms with Crippen molar-refractivity contribution in [2.24, 2.45) is 5.73 Å². The number of hydrogen-bond acceptors (Lipinski definition) is 8. The molecule has 0 unspecified atom stereocenters. The molecule has 2 fully saturated rings. The molecular weight excluding hydrogens is 510 g/mol. The van der Waals surface area contributed by atoms with Crippen molar-refractivity contribution in [3.63, 3.8) is 0 Å². The van der Waals surface area contributed by atoms with Crippen LogP contribution in [-0.4, -0.2) is 99.2 Å². The first-order valence-corrected chi connectivity index (χ1v) is 13.0. The van der Waals surface area contributed by atoms with Gasteiger partial charge in [0.15, 0.2) is 0 Å². The van der Waals surface area contributed by atoms with E-state index in [1.807, 2.05) is 6.07 Å². The summed E-state index contributed by atoms with van der Waals surface area (Å²) in [5.41, 5.74) is 6.02. The lowest BCUT2D eigenvalue weighted by molar-refractivity contribution is -0.148. The second kappa shape index (κ2) is 13.4. The van der Waals surface area contributed by atoms with E-state index in [9.17, 15) is 34.2 Å². The molecule has 13 nitrogen and oxygen atoms in total. The summed E-state index contributed by atoms with van der Waals surface area (Å²) in [5.74, 6) is -2.60. The molecule has 0 radical (unpaired) electrons. The normalized spacial score (nSPS) is 21.9. The van der Waals surface area contributed by atoms with Crippen molar-refractivity contribution >= 4 is 29.7 Å². The minimum absolute atomic E-state index is 0.0255. The molecule has 6 atom stereocenters. The molecule has 1 aromatic carbocycles. The molecule has 1 aromatic rings. The molecule has 2 heterocycles. The molecule has 0 spiro atoms. The van der Waals surface area contributed by atoms with Crippen LogP contribution in [0.4, 0.5) is 4.79 Å². The van der Waals surface area contributed by atoms with E-state index in [0.29, 0.717) is 25.7 Å². The van der Waals surface area contributed by atoms with E-state index in [-0.39, 0.29) is 19.7 Å². The average molecular weight is 548 g/mol. The molecule has 2 aliphatic heterocycles. The summed E-state index contributed by atoms with van der Waals surface area (Å²) in [6, 6.07) is 4.52. The lowest BCUT2D eigenvalue weighted by atomic mass is 10.1. The van der Waals surface area contributed by atoms with Gasteiger partial charge in [-0.05, 0) is 45.1 Å². The lowest BCUT2D eigenvalue weighted by Crippen LogP contribution is -2.59. The molecule has 0 aromatic heterocycles. The maximum atomic E-state index is 13.5. The number of rotatable bonds is 10. The number of aliphatic hydroxyl groups is 2. The predicted molar refractivity (Wildman–Crippen MR) is 138 cm³/mol. The van der Waals surface area contributed by atoms with E-state index in [0.717, 1.165) is 5.56 Å². The third-order valence-electron chi connectivity index (χ3n) is 6.98. The van der Waals surface area contributed by atoms with Crippen molar-refractivity contribution in [2.45, 2.75) is 82.5 Å². The molecule has 214 valence electrons. The number of nitrogens with two attached hydrogens (primary N) is 1. The molecule has 5 amide bonds. The molecule has 0 aliphatic carbocycles. The SMILES string of the molecule is C[C@@H](O)[C@H](NC(=O)[C@H]1CCCN1C(=O)[C@@H]1CCCN1C(=O)[C@@H](NC(=O)OCc1ccccc1)[C@@H](C)O)C(N)=O. The smallest absolute Gasteiger partial charge is 0.408 e. The van der Waals surface area contributed by atoms with E-state index >= 15 is 0 Å². The van der Waals surface area contributed by atoms with Crippen molar-refractivity contribution in [3.8, 4) is 0 Å². The largest absolute Gasteiger partial charge is 0.445 e. The Bertz CT molecular complexity index is 1050. The third-order valence-corrected chi connectivity index (χ3v) is 6.98. The number of alkyl carbamates (subject to hydrolysis) is 1. The summed E-state index contributed by atoms with van der Waals surface area (Å²) in [6.45, 7) is 3.15. The Hall–Kier alpha value is -3.71. The summed E-state index contributed by atoms with van der Waals surface area (Å²) in [6.07, 6.45) is -1.64. The van der Waals surface area contributed by atoms with Crippen molar-refractivity contribution in [2.75, 3.05) is 13.1 Å².